The standard InChI is InChI=1S/C17H24N4O3S/c1-7-8-21-14-12(16(23)20(6)17(21)24)15(25-11(5)10(4)22)19-13(18-14)9(2)3/h9,11H,7-8H2,1-6H3/t11-/m0/s1. The fraction of sp³-hybridized carbons (Fsp3) is 0.588. The van der Waals surface area contributed by atoms with E-state index in [4.69, 9.17) is 0 Å². The van der Waals surface area contributed by atoms with Crippen LogP contribution in [0.2, 0.25) is 0 Å². The van der Waals surface area contributed by atoms with Crippen LogP contribution < -0.4 is 11.2 Å². The maximum atomic E-state index is 12.7. The van der Waals surface area contributed by atoms with Gasteiger partial charge in [-0.05, 0) is 20.3 Å². The smallest absolute Gasteiger partial charge is 0.299 e. The second kappa shape index (κ2) is 7.51. The monoisotopic (exact) mass is 364 g/mol. The summed E-state index contributed by atoms with van der Waals surface area (Å²) in [5.74, 6) is 0.593. The average molecular weight is 364 g/mol. The number of hydrogen-bond acceptors (Lipinski definition) is 6. The van der Waals surface area contributed by atoms with Crippen molar-refractivity contribution in [2.45, 2.75) is 63.8 Å². The average Bonchev–Trinajstić information content (AvgIpc) is 2.55. The van der Waals surface area contributed by atoms with Gasteiger partial charge >= 0.3 is 5.69 Å². The first-order valence-corrected chi connectivity index (χ1v) is 9.25. The molecular weight excluding hydrogens is 340 g/mol. The number of thioether (sulfide) groups is 1. The van der Waals surface area contributed by atoms with E-state index in [0.717, 1.165) is 11.0 Å². The molecule has 0 fully saturated rings. The van der Waals surface area contributed by atoms with Gasteiger partial charge in [0.05, 0.1) is 5.25 Å². The van der Waals surface area contributed by atoms with Crippen LogP contribution in [-0.4, -0.2) is 30.1 Å². The molecule has 0 N–H and O–H groups in total. The van der Waals surface area contributed by atoms with Crippen molar-refractivity contribution in [2.75, 3.05) is 0 Å². The van der Waals surface area contributed by atoms with Crippen LogP contribution in [0.15, 0.2) is 14.6 Å². The molecule has 2 heterocycles. The minimum atomic E-state index is -0.430. The summed E-state index contributed by atoms with van der Waals surface area (Å²) in [6, 6.07) is 0. The number of carbonyl (C=O) groups excluding carboxylic acids is 1. The Morgan fingerprint density at radius 1 is 1.20 bits per heavy atom. The predicted molar refractivity (Wildman–Crippen MR) is 99.4 cm³/mol. The Bertz CT molecular complexity index is 930. The third-order valence-electron chi connectivity index (χ3n) is 3.99. The molecule has 0 bridgehead atoms. The maximum Gasteiger partial charge on any atom is 0.332 e. The van der Waals surface area contributed by atoms with E-state index < -0.39 is 5.56 Å². The molecule has 136 valence electrons. The van der Waals surface area contributed by atoms with Gasteiger partial charge in [0.15, 0.2) is 5.65 Å². The van der Waals surface area contributed by atoms with Gasteiger partial charge < -0.3 is 0 Å². The molecule has 0 radical (unpaired) electrons. The number of nitrogens with zero attached hydrogens (tertiary/aromatic N) is 4. The fourth-order valence-corrected chi connectivity index (χ4v) is 3.32. The molecule has 0 aliphatic heterocycles. The summed E-state index contributed by atoms with van der Waals surface area (Å²) in [7, 11) is 1.45. The molecule has 0 aliphatic rings. The SMILES string of the molecule is CCCn1c(=O)n(C)c(=O)c2c(S[C@@H](C)C(C)=O)nc(C(C)C)nc21. The largest absolute Gasteiger partial charge is 0.332 e. The molecule has 8 heteroatoms. The van der Waals surface area contributed by atoms with Crippen LogP contribution in [0.3, 0.4) is 0 Å². The topological polar surface area (TPSA) is 86.9 Å². The van der Waals surface area contributed by atoms with E-state index in [1.54, 1.807) is 6.92 Å². The van der Waals surface area contributed by atoms with E-state index in [0.29, 0.717) is 28.4 Å². The molecule has 7 nitrogen and oxygen atoms in total. The quantitative estimate of drug-likeness (QED) is 0.576. The van der Waals surface area contributed by atoms with Gasteiger partial charge in [-0.2, -0.15) is 0 Å². The highest BCUT2D eigenvalue weighted by atomic mass is 32.2. The molecule has 0 saturated carbocycles. The molecule has 0 unspecified atom stereocenters. The first-order valence-electron chi connectivity index (χ1n) is 8.37. The fourth-order valence-electron chi connectivity index (χ4n) is 2.37. The van der Waals surface area contributed by atoms with Crippen molar-refractivity contribution in [2.24, 2.45) is 7.05 Å². The Kier molecular flexibility index (Phi) is 5.82. The van der Waals surface area contributed by atoms with Gasteiger partial charge in [0.1, 0.15) is 22.0 Å². The second-order valence-corrected chi connectivity index (χ2v) is 7.74. The van der Waals surface area contributed by atoms with Crippen molar-refractivity contribution < 1.29 is 4.79 Å². The van der Waals surface area contributed by atoms with Crippen LogP contribution in [0, 0.1) is 0 Å². The minimum absolute atomic E-state index is 0.00145. The number of ketones is 1. The highest BCUT2D eigenvalue weighted by molar-refractivity contribution is 8.00. The molecule has 1 atom stereocenters. The van der Waals surface area contributed by atoms with E-state index in [9.17, 15) is 14.4 Å². The second-order valence-electron chi connectivity index (χ2n) is 6.41. The Hall–Kier alpha value is -1.96. The Labute approximate surface area is 150 Å². The predicted octanol–water partition coefficient (Wildman–Crippen LogP) is 2.09. The van der Waals surface area contributed by atoms with Gasteiger partial charge in [-0.15, -0.1) is 0 Å². The van der Waals surface area contributed by atoms with Crippen LogP contribution in [0.5, 0.6) is 0 Å². The summed E-state index contributed by atoms with van der Waals surface area (Å²) in [6.07, 6.45) is 0.737. The zero-order valence-electron chi connectivity index (χ0n) is 15.5. The van der Waals surface area contributed by atoms with Gasteiger partial charge in [-0.25, -0.2) is 14.8 Å². The van der Waals surface area contributed by atoms with Crippen molar-refractivity contribution >= 4 is 28.6 Å². The number of aryl methyl sites for hydroxylation is 1. The van der Waals surface area contributed by atoms with Crippen LogP contribution >= 0.6 is 11.8 Å². The Morgan fingerprint density at radius 3 is 2.36 bits per heavy atom. The highest BCUT2D eigenvalue weighted by Crippen LogP contribution is 2.28. The van der Waals surface area contributed by atoms with E-state index in [1.807, 2.05) is 20.8 Å². The van der Waals surface area contributed by atoms with Gasteiger partial charge in [0.2, 0.25) is 0 Å². The van der Waals surface area contributed by atoms with Crippen molar-refractivity contribution in [3.63, 3.8) is 0 Å². The van der Waals surface area contributed by atoms with Gasteiger partial charge in [0.25, 0.3) is 5.56 Å². The zero-order valence-corrected chi connectivity index (χ0v) is 16.3. The van der Waals surface area contributed by atoms with Crippen molar-refractivity contribution in [3.05, 3.63) is 26.7 Å². The lowest BCUT2D eigenvalue weighted by Crippen LogP contribution is -2.39. The van der Waals surface area contributed by atoms with Gasteiger partial charge in [-0.1, -0.05) is 32.5 Å². The molecule has 0 amide bonds. The van der Waals surface area contributed by atoms with Crippen LogP contribution in [-0.2, 0) is 18.4 Å². The van der Waals surface area contributed by atoms with Crippen LogP contribution in [0.1, 0.15) is 52.8 Å². The van der Waals surface area contributed by atoms with E-state index in [-0.39, 0.29) is 22.6 Å². The molecule has 0 spiro atoms. The van der Waals surface area contributed by atoms with E-state index in [2.05, 4.69) is 9.97 Å². The summed E-state index contributed by atoms with van der Waals surface area (Å²) < 4.78 is 2.60. The minimum Gasteiger partial charge on any atom is -0.299 e. The van der Waals surface area contributed by atoms with Crippen molar-refractivity contribution in [1.82, 2.24) is 19.1 Å². The summed E-state index contributed by atoms with van der Waals surface area (Å²) in [5, 5.41) is 0.425. The maximum absolute atomic E-state index is 12.7. The zero-order chi connectivity index (χ0) is 18.9. The first kappa shape index (κ1) is 19.4. The molecule has 0 aliphatic carbocycles. The van der Waals surface area contributed by atoms with Crippen LogP contribution in [0.4, 0.5) is 0 Å². The summed E-state index contributed by atoms with van der Waals surface area (Å²) in [4.78, 5) is 46.0. The van der Waals surface area contributed by atoms with E-state index in [1.165, 1.54) is 30.3 Å². The number of hydrogen-bond donors (Lipinski definition) is 0. The Morgan fingerprint density at radius 2 is 1.84 bits per heavy atom. The molecule has 0 saturated heterocycles. The number of rotatable bonds is 6. The molecule has 25 heavy (non-hydrogen) atoms. The highest BCUT2D eigenvalue weighted by Gasteiger charge is 2.22. The number of fused-ring (bicyclic) bond motifs is 1. The van der Waals surface area contributed by atoms with Crippen LogP contribution in [0.25, 0.3) is 11.0 Å². The Balaban J connectivity index is 2.93. The third-order valence-corrected chi connectivity index (χ3v) is 5.19. The lowest BCUT2D eigenvalue weighted by Gasteiger charge is -2.16. The summed E-state index contributed by atoms with van der Waals surface area (Å²) in [5.41, 5.74) is -0.462. The normalized spacial score (nSPS) is 12.8. The summed E-state index contributed by atoms with van der Waals surface area (Å²) >= 11 is 1.24. The molecule has 2 aromatic heterocycles. The molecule has 2 aromatic rings. The van der Waals surface area contributed by atoms with Crippen molar-refractivity contribution in [1.29, 1.82) is 0 Å². The number of aromatic nitrogens is 4. The summed E-state index contributed by atoms with van der Waals surface area (Å²) in [6.45, 7) is 9.62. The number of carbonyl (C=O) groups is 1. The van der Waals surface area contributed by atoms with Crippen molar-refractivity contribution in [3.8, 4) is 0 Å². The van der Waals surface area contributed by atoms with Gasteiger partial charge in [0, 0.05) is 19.5 Å². The lowest BCUT2D eigenvalue weighted by atomic mass is 10.2. The van der Waals surface area contributed by atoms with E-state index >= 15 is 0 Å². The molecule has 2 rings (SSSR count). The molecule has 0 aromatic carbocycles. The lowest BCUT2D eigenvalue weighted by molar-refractivity contribution is -0.116. The first-order chi connectivity index (χ1) is 11.7. The molecular formula is C17H24N4O3S. The van der Waals surface area contributed by atoms with Gasteiger partial charge in [-0.3, -0.25) is 18.7 Å². The number of Topliss-reactive ketones (excluding diaryl/α,β-unsaturated/α-hetero) is 1. The third kappa shape index (κ3) is 3.68.